The van der Waals surface area contributed by atoms with Crippen molar-refractivity contribution in [1.29, 1.82) is 0 Å². The van der Waals surface area contributed by atoms with Gasteiger partial charge in [-0.15, -0.1) is 0 Å². The van der Waals surface area contributed by atoms with E-state index < -0.39 is 0 Å². The first-order chi connectivity index (χ1) is 7.08. The second-order valence-electron chi connectivity index (χ2n) is 3.09. The molecule has 2 aromatic heterocycles. The van der Waals surface area contributed by atoms with Gasteiger partial charge in [-0.25, -0.2) is 0 Å². The molecule has 2 aromatic rings. The average Bonchev–Trinajstić information content (AvgIpc) is 2.46. The summed E-state index contributed by atoms with van der Waals surface area (Å²) in [5.74, 6) is 0.196. The molecular formula is C8H9N5O2. The van der Waals surface area contributed by atoms with Crippen molar-refractivity contribution >= 4 is 17.5 Å². The highest BCUT2D eigenvalue weighted by Gasteiger charge is 2.06. The summed E-state index contributed by atoms with van der Waals surface area (Å²) in [5.41, 5.74) is -0.288. The minimum absolute atomic E-state index is 0.214. The van der Waals surface area contributed by atoms with Crippen LogP contribution in [0.3, 0.4) is 0 Å². The lowest BCUT2D eigenvalue weighted by molar-refractivity contribution is -0.114. The molecule has 0 saturated carbocycles. The summed E-state index contributed by atoms with van der Waals surface area (Å²) in [5, 5.41) is 2.43. The van der Waals surface area contributed by atoms with Crippen LogP contribution in [-0.2, 0) is 11.8 Å². The highest BCUT2D eigenvalue weighted by Crippen LogP contribution is 2.00. The van der Waals surface area contributed by atoms with Gasteiger partial charge in [0.2, 0.25) is 5.91 Å². The van der Waals surface area contributed by atoms with Gasteiger partial charge in [0.05, 0.1) is 0 Å². The molecule has 0 bridgehead atoms. The van der Waals surface area contributed by atoms with E-state index in [1.165, 1.54) is 28.5 Å². The molecule has 0 aliphatic rings. The van der Waals surface area contributed by atoms with E-state index in [0.29, 0.717) is 0 Å². The predicted molar refractivity (Wildman–Crippen MR) is 52.5 cm³/mol. The van der Waals surface area contributed by atoms with E-state index in [9.17, 15) is 9.59 Å². The summed E-state index contributed by atoms with van der Waals surface area (Å²) >= 11 is 0. The molecule has 1 N–H and O–H groups in total. The average molecular weight is 207 g/mol. The third-order valence-corrected chi connectivity index (χ3v) is 1.84. The Morgan fingerprint density at radius 2 is 2.27 bits per heavy atom. The van der Waals surface area contributed by atoms with Gasteiger partial charge in [-0.2, -0.15) is 14.5 Å². The first-order valence-electron chi connectivity index (χ1n) is 4.27. The molecule has 0 saturated heterocycles. The van der Waals surface area contributed by atoms with Gasteiger partial charge >= 0.3 is 0 Å². The van der Waals surface area contributed by atoms with E-state index in [2.05, 4.69) is 15.3 Å². The van der Waals surface area contributed by atoms with Crippen molar-refractivity contribution in [1.82, 2.24) is 19.2 Å². The molecule has 0 aromatic carbocycles. The van der Waals surface area contributed by atoms with Crippen LogP contribution in [0.15, 0.2) is 17.2 Å². The van der Waals surface area contributed by atoms with E-state index in [0.717, 1.165) is 0 Å². The molecule has 0 atom stereocenters. The van der Waals surface area contributed by atoms with Crippen LogP contribution >= 0.6 is 0 Å². The van der Waals surface area contributed by atoms with Gasteiger partial charge in [0.15, 0.2) is 0 Å². The number of rotatable bonds is 1. The topological polar surface area (TPSA) is 81.3 Å². The van der Waals surface area contributed by atoms with E-state index in [1.807, 2.05) is 0 Å². The zero-order valence-electron chi connectivity index (χ0n) is 8.26. The Morgan fingerprint density at radius 3 is 2.93 bits per heavy atom. The van der Waals surface area contributed by atoms with Gasteiger partial charge in [-0.05, 0) is 0 Å². The van der Waals surface area contributed by atoms with Crippen molar-refractivity contribution in [3.05, 3.63) is 22.7 Å². The summed E-state index contributed by atoms with van der Waals surface area (Å²) in [6, 6.07) is 1.25. The van der Waals surface area contributed by atoms with E-state index >= 15 is 0 Å². The first kappa shape index (κ1) is 9.38. The molecule has 0 radical (unpaired) electrons. The molecule has 7 nitrogen and oxygen atoms in total. The lowest BCUT2D eigenvalue weighted by Gasteiger charge is -2.01. The van der Waals surface area contributed by atoms with Crippen molar-refractivity contribution in [3.63, 3.8) is 0 Å². The van der Waals surface area contributed by atoms with Gasteiger partial charge in [-0.3, -0.25) is 14.3 Å². The fourth-order valence-electron chi connectivity index (χ4n) is 1.28. The van der Waals surface area contributed by atoms with Crippen molar-refractivity contribution in [2.75, 3.05) is 5.32 Å². The monoisotopic (exact) mass is 207 g/mol. The van der Waals surface area contributed by atoms with Crippen molar-refractivity contribution in [2.24, 2.45) is 7.05 Å². The van der Waals surface area contributed by atoms with Crippen LogP contribution < -0.4 is 10.9 Å². The van der Waals surface area contributed by atoms with E-state index in [1.54, 1.807) is 7.05 Å². The minimum Gasteiger partial charge on any atom is -0.311 e. The number of amides is 1. The van der Waals surface area contributed by atoms with Crippen molar-refractivity contribution in [3.8, 4) is 0 Å². The van der Waals surface area contributed by atoms with Crippen LogP contribution in [0.1, 0.15) is 6.92 Å². The van der Waals surface area contributed by atoms with Crippen LogP contribution in [0.5, 0.6) is 0 Å². The molecule has 0 fully saturated rings. The molecule has 7 heteroatoms. The summed E-state index contributed by atoms with van der Waals surface area (Å²) < 4.78 is 2.81. The summed E-state index contributed by atoms with van der Waals surface area (Å²) in [7, 11) is 1.68. The Balaban J connectivity index is 2.63. The molecular weight excluding hydrogens is 198 g/mol. The van der Waals surface area contributed by atoms with Crippen LogP contribution in [0.4, 0.5) is 5.82 Å². The van der Waals surface area contributed by atoms with Crippen LogP contribution in [0.25, 0.3) is 5.78 Å². The van der Waals surface area contributed by atoms with Crippen LogP contribution in [-0.4, -0.2) is 25.1 Å². The smallest absolute Gasteiger partial charge is 0.276 e. The van der Waals surface area contributed by atoms with Gasteiger partial charge in [0.25, 0.3) is 11.3 Å². The fraction of sp³-hybridized carbons (Fsp3) is 0.250. The van der Waals surface area contributed by atoms with Gasteiger partial charge in [0.1, 0.15) is 12.1 Å². The largest absolute Gasteiger partial charge is 0.311 e. The minimum atomic E-state index is -0.288. The third kappa shape index (κ3) is 1.58. The van der Waals surface area contributed by atoms with Crippen molar-refractivity contribution < 1.29 is 4.79 Å². The zero-order chi connectivity index (χ0) is 11.0. The second kappa shape index (κ2) is 3.19. The number of aryl methyl sites for hydroxylation is 1. The molecule has 2 rings (SSSR count). The van der Waals surface area contributed by atoms with Crippen LogP contribution in [0, 0.1) is 0 Å². The number of fused-ring (bicyclic) bond motifs is 1. The highest BCUT2D eigenvalue weighted by molar-refractivity contribution is 5.87. The Bertz CT molecular complexity index is 582. The van der Waals surface area contributed by atoms with Crippen molar-refractivity contribution in [2.45, 2.75) is 6.92 Å². The lowest BCUT2D eigenvalue weighted by Crippen LogP contribution is -2.20. The second-order valence-corrected chi connectivity index (χ2v) is 3.09. The number of hydrogen-bond donors (Lipinski definition) is 1. The Hall–Kier alpha value is -2.18. The number of carbonyl (C=O) groups excluding carboxylic acids is 1. The normalized spacial score (nSPS) is 10.5. The molecule has 78 valence electrons. The molecule has 1 amide bonds. The van der Waals surface area contributed by atoms with Gasteiger partial charge in [-0.1, -0.05) is 0 Å². The highest BCUT2D eigenvalue weighted by atomic mass is 16.1. The number of nitrogens with one attached hydrogen (secondary N) is 1. The standard InChI is InChI=1S/C8H9N5O2/c1-5(14)10-6-3-7(15)13-8(11-6)9-4-12(13)2/h3-4H,1-2H3,(H,10,14). The van der Waals surface area contributed by atoms with E-state index in [4.69, 9.17) is 0 Å². The third-order valence-electron chi connectivity index (χ3n) is 1.84. The van der Waals surface area contributed by atoms with Crippen LogP contribution in [0.2, 0.25) is 0 Å². The maximum absolute atomic E-state index is 11.6. The lowest BCUT2D eigenvalue weighted by atomic mass is 10.5. The Morgan fingerprint density at radius 1 is 1.53 bits per heavy atom. The quantitative estimate of drug-likeness (QED) is 0.676. The number of nitrogens with zero attached hydrogens (tertiary/aromatic N) is 4. The summed E-state index contributed by atoms with van der Waals surface area (Å²) in [6.07, 6.45) is 1.47. The first-order valence-corrected chi connectivity index (χ1v) is 4.27. The number of anilines is 1. The number of aromatic nitrogens is 4. The molecule has 2 heterocycles. The SMILES string of the molecule is CC(=O)Nc1cc(=O)n2c(ncn2C)n1. The maximum Gasteiger partial charge on any atom is 0.276 e. The van der Waals surface area contributed by atoms with Gasteiger partial charge < -0.3 is 5.32 Å². The maximum atomic E-state index is 11.6. The molecule has 0 aliphatic carbocycles. The molecule has 0 spiro atoms. The molecule has 0 unspecified atom stereocenters. The zero-order valence-corrected chi connectivity index (χ0v) is 8.26. The molecule has 15 heavy (non-hydrogen) atoms. The fourth-order valence-corrected chi connectivity index (χ4v) is 1.28. The Kier molecular flexibility index (Phi) is 2.00. The summed E-state index contributed by atoms with van der Waals surface area (Å²) in [6.45, 7) is 1.35. The summed E-state index contributed by atoms with van der Waals surface area (Å²) in [4.78, 5) is 30.3. The van der Waals surface area contributed by atoms with E-state index in [-0.39, 0.29) is 23.1 Å². The predicted octanol–water partition coefficient (Wildman–Crippen LogP) is -0.614. The Labute approximate surface area is 84.4 Å². The number of carbonyl (C=O) groups is 1. The number of hydrogen-bond acceptors (Lipinski definition) is 4. The van der Waals surface area contributed by atoms with Gasteiger partial charge in [0, 0.05) is 20.0 Å². The molecule has 0 aliphatic heterocycles.